The van der Waals surface area contributed by atoms with E-state index in [4.69, 9.17) is 0 Å². The molecule has 5 nitrogen and oxygen atoms in total. The maximum atomic E-state index is 12.3. The van der Waals surface area contributed by atoms with Crippen LogP contribution >= 0.6 is 0 Å². The van der Waals surface area contributed by atoms with E-state index in [0.29, 0.717) is 17.7 Å². The van der Waals surface area contributed by atoms with E-state index in [0.717, 1.165) is 50.3 Å². The summed E-state index contributed by atoms with van der Waals surface area (Å²) < 4.78 is 2.14. The lowest BCUT2D eigenvalue weighted by molar-refractivity contribution is -0.131. The fourth-order valence-corrected chi connectivity index (χ4v) is 4.22. The molecule has 2 fully saturated rings. The van der Waals surface area contributed by atoms with Crippen LogP contribution in [-0.4, -0.2) is 38.7 Å². The van der Waals surface area contributed by atoms with Crippen LogP contribution in [0.15, 0.2) is 54.9 Å². The summed E-state index contributed by atoms with van der Waals surface area (Å²) in [5, 5.41) is 8.52. The quantitative estimate of drug-likeness (QED) is 0.661. The lowest BCUT2D eigenvalue weighted by Crippen LogP contribution is -2.30. The number of aromatic nitrogens is 3. The minimum Gasteiger partial charge on any atom is -0.342 e. The molecule has 3 aromatic rings. The van der Waals surface area contributed by atoms with E-state index in [2.05, 4.69) is 75.1 Å². The zero-order valence-electron chi connectivity index (χ0n) is 16.8. The minimum absolute atomic E-state index is 0.311. The van der Waals surface area contributed by atoms with Gasteiger partial charge in [0.2, 0.25) is 5.91 Å². The van der Waals surface area contributed by atoms with Crippen LogP contribution in [0.4, 0.5) is 0 Å². The van der Waals surface area contributed by atoms with Gasteiger partial charge < -0.3 is 9.47 Å². The molecular weight excluding hydrogens is 360 g/mol. The number of rotatable bonds is 5. The molecule has 2 aliphatic rings. The van der Waals surface area contributed by atoms with Crippen molar-refractivity contribution < 1.29 is 4.79 Å². The first-order chi connectivity index (χ1) is 14.2. The second-order valence-corrected chi connectivity index (χ2v) is 8.46. The van der Waals surface area contributed by atoms with Crippen LogP contribution in [0.25, 0.3) is 22.5 Å². The van der Waals surface area contributed by atoms with Gasteiger partial charge in [-0.25, -0.2) is 0 Å². The van der Waals surface area contributed by atoms with Crippen LogP contribution < -0.4 is 0 Å². The smallest absolute Gasteiger partial charge is 0.225 e. The number of carbonyl (C=O) groups excluding carboxylic acids is 1. The molecule has 29 heavy (non-hydrogen) atoms. The maximum absolute atomic E-state index is 12.3. The number of hydrogen-bond donors (Lipinski definition) is 0. The normalized spacial score (nSPS) is 18.9. The number of hydrogen-bond acceptors (Lipinski definition) is 3. The molecule has 1 aromatic heterocycles. The molecule has 1 aliphatic heterocycles. The Hall–Kier alpha value is -2.95. The van der Waals surface area contributed by atoms with E-state index in [1.807, 2.05) is 6.33 Å². The molecule has 0 unspecified atom stereocenters. The molecule has 0 radical (unpaired) electrons. The van der Waals surface area contributed by atoms with Gasteiger partial charge in [-0.15, -0.1) is 10.2 Å². The van der Waals surface area contributed by atoms with Crippen LogP contribution in [0, 0.1) is 18.8 Å². The van der Waals surface area contributed by atoms with Gasteiger partial charge in [-0.1, -0.05) is 54.1 Å². The molecule has 0 bridgehead atoms. The van der Waals surface area contributed by atoms with Crippen molar-refractivity contribution in [2.45, 2.75) is 32.7 Å². The Balaban J connectivity index is 1.29. The van der Waals surface area contributed by atoms with Gasteiger partial charge >= 0.3 is 0 Å². The topological polar surface area (TPSA) is 51.0 Å². The highest BCUT2D eigenvalue weighted by atomic mass is 16.2. The van der Waals surface area contributed by atoms with Crippen molar-refractivity contribution in [3.63, 3.8) is 0 Å². The Kier molecular flexibility index (Phi) is 4.66. The molecule has 5 heteroatoms. The predicted molar refractivity (Wildman–Crippen MR) is 113 cm³/mol. The first-order valence-electron chi connectivity index (χ1n) is 10.5. The number of aryl methyl sites for hydroxylation is 1. The van der Waals surface area contributed by atoms with E-state index in [1.165, 1.54) is 16.7 Å². The van der Waals surface area contributed by atoms with E-state index in [1.54, 1.807) is 0 Å². The molecule has 0 N–H and O–H groups in total. The highest BCUT2D eigenvalue weighted by Crippen LogP contribution is 2.33. The molecular formula is C24H26N4O. The summed E-state index contributed by atoms with van der Waals surface area (Å²) >= 11 is 0. The number of amides is 1. The zero-order chi connectivity index (χ0) is 19.8. The molecule has 5 rings (SSSR count). The van der Waals surface area contributed by atoms with Gasteiger partial charge in [-0.2, -0.15) is 0 Å². The molecule has 1 aliphatic carbocycles. The summed E-state index contributed by atoms with van der Waals surface area (Å²) in [4.78, 5) is 14.4. The third-order valence-electron chi connectivity index (χ3n) is 6.12. The fourth-order valence-electron chi connectivity index (χ4n) is 4.22. The van der Waals surface area contributed by atoms with Gasteiger partial charge in [0, 0.05) is 31.1 Å². The molecule has 2 heterocycles. The van der Waals surface area contributed by atoms with Crippen LogP contribution in [0.1, 0.15) is 24.8 Å². The maximum Gasteiger partial charge on any atom is 0.225 e. The molecule has 148 valence electrons. The monoisotopic (exact) mass is 386 g/mol. The molecule has 2 aromatic carbocycles. The van der Waals surface area contributed by atoms with Gasteiger partial charge in [-0.3, -0.25) is 4.79 Å². The Morgan fingerprint density at radius 2 is 1.62 bits per heavy atom. The highest BCUT2D eigenvalue weighted by molar-refractivity contribution is 5.81. The van der Waals surface area contributed by atoms with Crippen molar-refractivity contribution in [1.29, 1.82) is 0 Å². The summed E-state index contributed by atoms with van der Waals surface area (Å²) in [5.41, 5.74) is 4.75. The third kappa shape index (κ3) is 3.82. The van der Waals surface area contributed by atoms with Crippen molar-refractivity contribution in [2.75, 3.05) is 13.1 Å². The second kappa shape index (κ2) is 7.47. The van der Waals surface area contributed by atoms with Gasteiger partial charge in [-0.05, 0) is 43.2 Å². The molecule has 0 spiro atoms. The van der Waals surface area contributed by atoms with Crippen LogP contribution in [-0.2, 0) is 11.3 Å². The Bertz CT molecular complexity index is 1000. The van der Waals surface area contributed by atoms with E-state index < -0.39 is 0 Å². The van der Waals surface area contributed by atoms with E-state index in [-0.39, 0.29) is 0 Å². The van der Waals surface area contributed by atoms with Crippen LogP contribution in [0.3, 0.4) is 0 Å². The Morgan fingerprint density at radius 1 is 0.966 bits per heavy atom. The lowest BCUT2D eigenvalue weighted by Gasteiger charge is -2.17. The van der Waals surface area contributed by atoms with Crippen molar-refractivity contribution >= 4 is 5.91 Å². The summed E-state index contributed by atoms with van der Waals surface area (Å²) in [7, 11) is 0. The Morgan fingerprint density at radius 3 is 2.31 bits per heavy atom. The summed E-state index contributed by atoms with van der Waals surface area (Å²) in [5.74, 6) is 2.04. The van der Waals surface area contributed by atoms with Crippen LogP contribution in [0.2, 0.25) is 0 Å². The Labute approximate surface area is 171 Å². The van der Waals surface area contributed by atoms with Crippen molar-refractivity contribution in [2.24, 2.45) is 11.8 Å². The summed E-state index contributed by atoms with van der Waals surface area (Å²) in [6.07, 6.45) is 5.03. The SMILES string of the molecule is Cc1ccc(-c2ccc(-c3nncn3C[C@@H]3CCN(C(=O)C4CC4)C3)cc2)cc1. The molecule has 1 atom stereocenters. The summed E-state index contributed by atoms with van der Waals surface area (Å²) in [6.45, 7) is 4.71. The second-order valence-electron chi connectivity index (χ2n) is 8.46. The first kappa shape index (κ1) is 18.1. The molecule has 1 saturated heterocycles. The lowest BCUT2D eigenvalue weighted by atomic mass is 10.0. The number of nitrogens with zero attached hydrogens (tertiary/aromatic N) is 4. The molecule has 1 amide bonds. The molecule has 1 saturated carbocycles. The number of likely N-dealkylation sites (tertiary alicyclic amines) is 1. The van der Waals surface area contributed by atoms with Gasteiger partial charge in [0.1, 0.15) is 6.33 Å². The van der Waals surface area contributed by atoms with Crippen LogP contribution in [0.5, 0.6) is 0 Å². The number of carbonyl (C=O) groups is 1. The fraction of sp³-hybridized carbons (Fsp3) is 0.375. The van der Waals surface area contributed by atoms with Crippen molar-refractivity contribution in [3.05, 3.63) is 60.4 Å². The van der Waals surface area contributed by atoms with Gasteiger partial charge in [0.05, 0.1) is 0 Å². The number of benzene rings is 2. The average molecular weight is 386 g/mol. The van der Waals surface area contributed by atoms with E-state index in [9.17, 15) is 4.79 Å². The third-order valence-corrected chi connectivity index (χ3v) is 6.12. The largest absolute Gasteiger partial charge is 0.342 e. The predicted octanol–water partition coefficient (Wildman–Crippen LogP) is 4.18. The van der Waals surface area contributed by atoms with Crippen molar-refractivity contribution in [3.8, 4) is 22.5 Å². The summed E-state index contributed by atoms with van der Waals surface area (Å²) in [6, 6.07) is 17.1. The average Bonchev–Trinajstić information content (AvgIpc) is 3.32. The van der Waals surface area contributed by atoms with Gasteiger partial charge in [0.15, 0.2) is 5.82 Å². The van der Waals surface area contributed by atoms with Gasteiger partial charge in [0.25, 0.3) is 0 Å². The zero-order valence-corrected chi connectivity index (χ0v) is 16.8. The van der Waals surface area contributed by atoms with E-state index >= 15 is 0 Å². The minimum atomic E-state index is 0.311. The first-order valence-corrected chi connectivity index (χ1v) is 10.5. The van der Waals surface area contributed by atoms with Crippen molar-refractivity contribution in [1.82, 2.24) is 19.7 Å². The standard InChI is InChI=1S/C24H26N4O/c1-17-2-4-19(5-3-17)20-6-8-21(9-7-20)23-26-25-16-28(23)15-18-12-13-27(14-18)24(29)22-10-11-22/h2-9,16,18,22H,10-15H2,1H3/t18-/m1/s1. The highest BCUT2D eigenvalue weighted by Gasteiger charge is 2.36.